The number of esters is 1. The van der Waals surface area contributed by atoms with E-state index in [0.29, 0.717) is 22.6 Å². The number of rotatable bonds is 6. The SMILES string of the molecule is CC[C@@H](C)c1ccc(NC(=O)COC(=O)c2cc3ccccc3oc2=O)cc1. The van der Waals surface area contributed by atoms with E-state index in [-0.39, 0.29) is 5.56 Å². The lowest BCUT2D eigenvalue weighted by atomic mass is 9.99. The van der Waals surface area contributed by atoms with Crippen molar-refractivity contribution >= 4 is 28.5 Å². The summed E-state index contributed by atoms with van der Waals surface area (Å²) >= 11 is 0. The highest BCUT2D eigenvalue weighted by Gasteiger charge is 2.16. The van der Waals surface area contributed by atoms with E-state index < -0.39 is 24.1 Å². The van der Waals surface area contributed by atoms with E-state index in [4.69, 9.17) is 9.15 Å². The van der Waals surface area contributed by atoms with E-state index in [9.17, 15) is 14.4 Å². The van der Waals surface area contributed by atoms with Gasteiger partial charge in [0.25, 0.3) is 5.91 Å². The van der Waals surface area contributed by atoms with Gasteiger partial charge >= 0.3 is 11.6 Å². The first-order valence-corrected chi connectivity index (χ1v) is 9.07. The molecule has 3 aromatic rings. The van der Waals surface area contributed by atoms with Crippen LogP contribution in [0, 0.1) is 0 Å². The number of hydrogen-bond donors (Lipinski definition) is 1. The third kappa shape index (κ3) is 4.46. The molecule has 0 aliphatic heterocycles. The molecule has 0 radical (unpaired) electrons. The summed E-state index contributed by atoms with van der Waals surface area (Å²) < 4.78 is 10.1. The third-order valence-corrected chi connectivity index (χ3v) is 4.57. The first kappa shape index (κ1) is 19.4. The minimum atomic E-state index is -0.901. The van der Waals surface area contributed by atoms with Crippen molar-refractivity contribution in [2.24, 2.45) is 0 Å². The highest BCUT2D eigenvalue weighted by Crippen LogP contribution is 2.20. The molecule has 6 nitrogen and oxygen atoms in total. The average Bonchev–Trinajstić information content (AvgIpc) is 2.71. The van der Waals surface area contributed by atoms with Gasteiger partial charge in [-0.05, 0) is 42.2 Å². The van der Waals surface area contributed by atoms with Gasteiger partial charge < -0.3 is 14.5 Å². The van der Waals surface area contributed by atoms with Crippen molar-refractivity contribution < 1.29 is 18.7 Å². The zero-order chi connectivity index (χ0) is 20.1. The van der Waals surface area contributed by atoms with Crippen molar-refractivity contribution in [3.05, 3.63) is 76.1 Å². The Morgan fingerprint density at radius 1 is 1.11 bits per heavy atom. The van der Waals surface area contributed by atoms with Crippen molar-refractivity contribution in [1.29, 1.82) is 0 Å². The molecule has 0 aliphatic rings. The molecule has 1 heterocycles. The molecule has 0 bridgehead atoms. The second-order valence-electron chi connectivity index (χ2n) is 6.54. The maximum absolute atomic E-state index is 12.2. The Hall–Kier alpha value is -3.41. The predicted molar refractivity (Wildman–Crippen MR) is 107 cm³/mol. The van der Waals surface area contributed by atoms with Crippen LogP contribution in [0.15, 0.2) is 63.8 Å². The molecule has 0 unspecified atom stereocenters. The molecule has 0 aliphatic carbocycles. The van der Waals surface area contributed by atoms with Crippen LogP contribution in [-0.4, -0.2) is 18.5 Å². The second kappa shape index (κ2) is 8.52. The number of anilines is 1. The molecule has 3 rings (SSSR count). The van der Waals surface area contributed by atoms with E-state index in [1.54, 1.807) is 36.4 Å². The molecule has 1 aromatic heterocycles. The zero-order valence-electron chi connectivity index (χ0n) is 15.7. The molecule has 0 saturated carbocycles. The second-order valence-corrected chi connectivity index (χ2v) is 6.54. The maximum atomic E-state index is 12.2. The summed E-state index contributed by atoms with van der Waals surface area (Å²) in [5.74, 6) is -0.948. The normalized spacial score (nSPS) is 11.8. The molecule has 144 valence electrons. The van der Waals surface area contributed by atoms with Crippen LogP contribution in [0.2, 0.25) is 0 Å². The molecule has 0 saturated heterocycles. The third-order valence-electron chi connectivity index (χ3n) is 4.57. The van der Waals surface area contributed by atoms with Crippen LogP contribution < -0.4 is 10.9 Å². The van der Waals surface area contributed by atoms with Crippen molar-refractivity contribution in [1.82, 2.24) is 0 Å². The molecule has 1 N–H and O–H groups in total. The molecule has 0 spiro atoms. The maximum Gasteiger partial charge on any atom is 0.351 e. The van der Waals surface area contributed by atoms with Crippen molar-refractivity contribution in [2.75, 3.05) is 11.9 Å². The number of nitrogens with one attached hydrogen (secondary N) is 1. The fourth-order valence-electron chi connectivity index (χ4n) is 2.74. The lowest BCUT2D eigenvalue weighted by molar-refractivity contribution is -0.119. The van der Waals surface area contributed by atoms with Crippen LogP contribution in [0.4, 0.5) is 5.69 Å². The van der Waals surface area contributed by atoms with E-state index in [2.05, 4.69) is 19.2 Å². The molecule has 28 heavy (non-hydrogen) atoms. The van der Waals surface area contributed by atoms with Crippen molar-refractivity contribution in [3.63, 3.8) is 0 Å². The first-order chi connectivity index (χ1) is 13.5. The standard InChI is InChI=1S/C22H21NO5/c1-3-14(2)15-8-10-17(11-9-15)23-20(24)13-27-21(25)18-12-16-6-4-5-7-19(16)28-22(18)26/h4-12,14H,3,13H2,1-2H3,(H,23,24)/t14-/m1/s1. The minimum absolute atomic E-state index is 0.246. The summed E-state index contributed by atoms with van der Waals surface area (Å²) in [6.07, 6.45) is 1.03. The van der Waals surface area contributed by atoms with Gasteiger partial charge in [0.2, 0.25) is 0 Å². The number of amides is 1. The average molecular weight is 379 g/mol. The summed E-state index contributed by atoms with van der Waals surface area (Å²) in [6, 6.07) is 15.7. The largest absolute Gasteiger partial charge is 0.452 e. The number of carbonyl (C=O) groups is 2. The van der Waals surface area contributed by atoms with Crippen LogP contribution >= 0.6 is 0 Å². The quantitative estimate of drug-likeness (QED) is 0.515. The van der Waals surface area contributed by atoms with Crippen LogP contribution in [-0.2, 0) is 9.53 Å². The molecule has 1 atom stereocenters. The van der Waals surface area contributed by atoms with E-state index >= 15 is 0 Å². The van der Waals surface area contributed by atoms with Gasteiger partial charge in [0.05, 0.1) is 0 Å². The number of fused-ring (bicyclic) bond motifs is 1. The van der Waals surface area contributed by atoms with E-state index in [1.807, 2.05) is 12.1 Å². The number of hydrogen-bond acceptors (Lipinski definition) is 5. The molecule has 0 fully saturated rings. The highest BCUT2D eigenvalue weighted by molar-refractivity contribution is 5.96. The van der Waals surface area contributed by atoms with E-state index in [0.717, 1.165) is 6.42 Å². The molecule has 1 amide bonds. The fraction of sp³-hybridized carbons (Fsp3) is 0.227. The van der Waals surface area contributed by atoms with Gasteiger partial charge in [0.1, 0.15) is 11.1 Å². The first-order valence-electron chi connectivity index (χ1n) is 9.07. The van der Waals surface area contributed by atoms with Crippen LogP contribution in [0.3, 0.4) is 0 Å². The van der Waals surface area contributed by atoms with Crippen LogP contribution in [0.25, 0.3) is 11.0 Å². The van der Waals surface area contributed by atoms with Gasteiger partial charge in [-0.3, -0.25) is 4.79 Å². The Balaban J connectivity index is 1.61. The van der Waals surface area contributed by atoms with Crippen LogP contribution in [0.5, 0.6) is 0 Å². The molecule has 2 aromatic carbocycles. The summed E-state index contributed by atoms with van der Waals surface area (Å²) in [7, 11) is 0. The Bertz CT molecular complexity index is 1050. The van der Waals surface area contributed by atoms with Gasteiger partial charge in [0.15, 0.2) is 6.61 Å². The zero-order valence-corrected chi connectivity index (χ0v) is 15.7. The van der Waals surface area contributed by atoms with Crippen molar-refractivity contribution in [2.45, 2.75) is 26.2 Å². The summed E-state index contributed by atoms with van der Waals surface area (Å²) in [5.41, 5.74) is 1.13. The molecule has 6 heteroatoms. The lowest BCUT2D eigenvalue weighted by Gasteiger charge is -2.10. The molecular weight excluding hydrogens is 358 g/mol. The Morgan fingerprint density at radius 3 is 2.54 bits per heavy atom. The smallest absolute Gasteiger partial charge is 0.351 e. The number of ether oxygens (including phenoxy) is 1. The Kier molecular flexibility index (Phi) is 5.89. The molecular formula is C22H21NO5. The van der Waals surface area contributed by atoms with Gasteiger partial charge in [-0.1, -0.05) is 44.2 Å². The number of carbonyl (C=O) groups excluding carboxylic acids is 2. The Labute approximate surface area is 162 Å². The van der Waals surface area contributed by atoms with Gasteiger partial charge in [-0.2, -0.15) is 0 Å². The monoisotopic (exact) mass is 379 g/mol. The minimum Gasteiger partial charge on any atom is -0.452 e. The van der Waals surface area contributed by atoms with Gasteiger partial charge in [-0.15, -0.1) is 0 Å². The lowest BCUT2D eigenvalue weighted by Crippen LogP contribution is -2.23. The highest BCUT2D eigenvalue weighted by atomic mass is 16.5. The van der Waals surface area contributed by atoms with E-state index in [1.165, 1.54) is 11.6 Å². The predicted octanol–water partition coefficient (Wildman–Crippen LogP) is 4.10. The summed E-state index contributed by atoms with van der Waals surface area (Å²) in [4.78, 5) is 36.1. The summed E-state index contributed by atoms with van der Waals surface area (Å²) in [5, 5.41) is 3.26. The Morgan fingerprint density at radius 2 is 1.82 bits per heavy atom. The summed E-state index contributed by atoms with van der Waals surface area (Å²) in [6.45, 7) is 3.75. The number of benzene rings is 2. The number of para-hydroxylation sites is 1. The van der Waals surface area contributed by atoms with Crippen LogP contribution in [0.1, 0.15) is 42.1 Å². The van der Waals surface area contributed by atoms with Gasteiger partial charge in [-0.25, -0.2) is 9.59 Å². The van der Waals surface area contributed by atoms with Gasteiger partial charge in [0, 0.05) is 11.1 Å². The topological polar surface area (TPSA) is 85.6 Å². The van der Waals surface area contributed by atoms with Crippen molar-refractivity contribution in [3.8, 4) is 0 Å². The fourth-order valence-corrected chi connectivity index (χ4v) is 2.74.